The van der Waals surface area contributed by atoms with Crippen LogP contribution in [0, 0.1) is 13.8 Å². The Morgan fingerprint density at radius 3 is 0.585 bits per heavy atom. The average molecular weight is 2520 g/mol. The molecule has 18 aromatic rings. The Hall–Kier alpha value is -7.20. The molecule has 4 aliphatic rings. The number of halogens is 2. The van der Waals surface area contributed by atoms with Gasteiger partial charge in [-0.05, 0) is 189 Å². The van der Waals surface area contributed by atoms with Gasteiger partial charge >= 0.3 is 71.4 Å². The third-order valence-electron chi connectivity index (χ3n) is 21.6. The molecule has 0 aliphatic carbocycles. The second-order valence-corrected chi connectivity index (χ2v) is 72.5. The van der Waals surface area contributed by atoms with Crippen molar-refractivity contribution in [2.45, 2.75) is 50.4 Å². The van der Waals surface area contributed by atoms with Crippen LogP contribution >= 0.6 is 194 Å². The topological polar surface area (TPSA) is 0 Å². The van der Waals surface area contributed by atoms with Gasteiger partial charge in [-0.1, -0.05) is 594 Å². The van der Waals surface area contributed by atoms with Crippen molar-refractivity contribution in [1.82, 2.24) is 0 Å². The van der Waals surface area contributed by atoms with Crippen LogP contribution in [0.4, 0.5) is 0 Å². The molecule has 18 heteroatoms. The van der Waals surface area contributed by atoms with E-state index in [1.165, 1.54) is 153 Å². The summed E-state index contributed by atoms with van der Waals surface area (Å²) in [7, 11) is -1.78. The van der Waals surface area contributed by atoms with E-state index in [9.17, 15) is 0 Å². The van der Waals surface area contributed by atoms with Gasteiger partial charge in [0.1, 0.15) is 0 Å². The number of aryl methyl sites for hydroxylation is 2. The minimum absolute atomic E-state index is 0. The molecule has 6 heterocycles. The van der Waals surface area contributed by atoms with E-state index in [4.69, 9.17) is 0 Å². The number of benzene rings is 16. The summed E-state index contributed by atoms with van der Waals surface area (Å²) in [5.41, 5.74) is 5.25. The molecule has 142 heavy (non-hydrogen) atoms. The quantitative estimate of drug-likeness (QED) is 0.0468. The average Bonchev–Trinajstić information content (AvgIpc) is 1.81. The Labute approximate surface area is 936 Å². The fourth-order valence-electron chi connectivity index (χ4n) is 15.0. The Morgan fingerprint density at radius 1 is 0.190 bits per heavy atom. The first-order valence-electron chi connectivity index (χ1n) is 45.5. The summed E-state index contributed by atoms with van der Waals surface area (Å²) in [5.74, 6) is 0. The first kappa shape index (κ1) is 112. The molecular formula is C124H110I2P4PdS10Sn. The van der Waals surface area contributed by atoms with Gasteiger partial charge in [0, 0.05) is 59.6 Å². The third-order valence-corrected chi connectivity index (χ3v) is 57.4. The van der Waals surface area contributed by atoms with Crippen molar-refractivity contribution in [3.8, 4) is 0 Å². The van der Waals surface area contributed by atoms with E-state index < -0.39 is 50.1 Å². The van der Waals surface area contributed by atoms with Crippen LogP contribution in [-0.2, 0) is 20.4 Å². The smallest absolute Gasteiger partial charge is 0.0711 e. The molecule has 2 aromatic heterocycles. The second kappa shape index (κ2) is 58.5. The maximum atomic E-state index is 2.47. The molecule has 22 rings (SSSR count). The van der Waals surface area contributed by atoms with Crippen molar-refractivity contribution < 1.29 is 20.4 Å². The summed E-state index contributed by atoms with van der Waals surface area (Å²) in [6, 6.07) is 181. The van der Waals surface area contributed by atoms with Gasteiger partial charge in [-0.2, -0.15) is 0 Å². The maximum Gasteiger partial charge on any atom is 0.0711 e. The first-order chi connectivity index (χ1) is 68.2. The van der Waals surface area contributed by atoms with E-state index in [1.807, 2.05) is 117 Å². The van der Waals surface area contributed by atoms with Gasteiger partial charge in [0.15, 0.2) is 0 Å². The molecule has 0 bridgehead atoms. The van der Waals surface area contributed by atoms with E-state index in [-0.39, 0.29) is 35.3 Å². The molecule has 0 saturated carbocycles. The summed E-state index contributed by atoms with van der Waals surface area (Å²) in [5, 5.41) is 16.8. The predicted molar refractivity (Wildman–Crippen MR) is 677 cm³/mol. The summed E-state index contributed by atoms with van der Waals surface area (Å²) in [6.45, 7) is 6.61. The molecule has 0 N–H and O–H groups in total. The molecule has 0 radical (unpaired) electrons. The van der Waals surface area contributed by atoms with E-state index >= 15 is 0 Å². The number of thioether (sulfide) groups is 8. The molecule has 0 fully saturated rings. The van der Waals surface area contributed by atoms with E-state index in [0.717, 1.165) is 0 Å². The fraction of sp³-hybridized carbons (Fsp3) is 0.0645. The first-order valence-corrected chi connectivity index (χ1v) is 71.2. The molecule has 16 aromatic carbocycles. The third kappa shape index (κ3) is 31.9. The van der Waals surface area contributed by atoms with Crippen LogP contribution in [0.5, 0.6) is 0 Å². The van der Waals surface area contributed by atoms with E-state index in [2.05, 4.69) is 590 Å². The summed E-state index contributed by atoms with van der Waals surface area (Å²) < 4.78 is 10.1. The van der Waals surface area contributed by atoms with Gasteiger partial charge in [0.25, 0.3) is 0 Å². The van der Waals surface area contributed by atoms with Crippen LogP contribution in [0.25, 0.3) is 24.5 Å². The molecule has 0 spiro atoms. The Bertz CT molecular complexity index is 6170. The fourth-order valence-corrected chi connectivity index (χ4v) is 46.0. The van der Waals surface area contributed by atoms with E-state index in [0.29, 0.717) is 0 Å². The standard InChI is InChI=1S/C24H18S5.C18H10I2S4.4C18H15P.C5H5S.2CH4.3CH3.Pd.Sn/c1-15-13-14-19(25-15)22-21(18-11-7-4-8-12-18)28-24(29-22)23-26-16(2)20(27-23)17-9-5-3-6-10-17;19-15-13(11-7-3-1-4-8-11)21-17(23-15)18-22-14(16(20)24-18)12-9-5-2-6-10-12;4*1-4-10-16(11-5-1)19(17-12-6-2-7-13-17)18-14-8-3-9-15-18;1-5-3-2-4-6-5;;;;;;;/h3-14H,1-2H3;1-10H;4*1-15H;2-3H,1H3;2*1H4;3*1H3;;/b24-23-;18-17+;;;;;;;;;;;;. The van der Waals surface area contributed by atoms with Gasteiger partial charge in [0.2, 0.25) is 0 Å². The Balaban J connectivity index is 0.000000141. The molecule has 0 saturated heterocycles. The van der Waals surface area contributed by atoms with Crippen LogP contribution in [0.2, 0.25) is 14.8 Å². The maximum absolute atomic E-state index is 2.47. The van der Waals surface area contributed by atoms with Crippen molar-refractivity contribution in [3.63, 3.8) is 0 Å². The zero-order valence-electron chi connectivity index (χ0n) is 77.9. The van der Waals surface area contributed by atoms with Crippen LogP contribution in [0.15, 0.2) is 537 Å². The van der Waals surface area contributed by atoms with Gasteiger partial charge in [-0.3, -0.25) is 0 Å². The molecule has 0 atom stereocenters. The molecule has 0 nitrogen and oxygen atoms in total. The molecule has 0 unspecified atom stereocenters. The van der Waals surface area contributed by atoms with Gasteiger partial charge < -0.3 is 0 Å². The molecule has 4 aliphatic heterocycles. The predicted octanol–water partition coefficient (Wildman–Crippen LogP) is 35.6. The summed E-state index contributed by atoms with van der Waals surface area (Å²) in [6.07, 6.45) is 0. The molecule has 714 valence electrons. The van der Waals surface area contributed by atoms with Gasteiger partial charge in [-0.25, -0.2) is 0 Å². The largest absolute Gasteiger partial charge is 0.0786 e. The van der Waals surface area contributed by atoms with Crippen molar-refractivity contribution >= 4 is 303 Å². The zero-order valence-corrected chi connectivity index (χ0v) is 98.4. The number of hydrogen-bond donors (Lipinski definition) is 0. The van der Waals surface area contributed by atoms with Crippen molar-refractivity contribution in [3.05, 3.63) is 574 Å². The van der Waals surface area contributed by atoms with Crippen LogP contribution in [-0.4, -0.2) is 18.4 Å². The van der Waals surface area contributed by atoms with Crippen LogP contribution in [0.1, 0.15) is 58.7 Å². The van der Waals surface area contributed by atoms with Crippen molar-refractivity contribution in [2.24, 2.45) is 0 Å². The van der Waals surface area contributed by atoms with Gasteiger partial charge in [0.05, 0.1) is 22.8 Å². The molecule has 0 amide bonds. The Kier molecular flexibility index (Phi) is 46.2. The van der Waals surface area contributed by atoms with Gasteiger partial charge in [-0.15, -0.1) is 11.3 Å². The van der Waals surface area contributed by atoms with Crippen molar-refractivity contribution in [2.75, 3.05) is 0 Å². The van der Waals surface area contributed by atoms with Crippen LogP contribution < -0.4 is 66.5 Å². The summed E-state index contributed by atoms with van der Waals surface area (Å²) >= 11 is 22.5. The number of thiophene rings is 2. The minimum atomic E-state index is -1.67. The second-order valence-electron chi connectivity index (χ2n) is 32.6. The summed E-state index contributed by atoms with van der Waals surface area (Å²) in [4.78, 5) is 19.9. The minimum Gasteiger partial charge on any atom is -0.0786 e. The van der Waals surface area contributed by atoms with Crippen LogP contribution in [0.3, 0.4) is 0 Å². The van der Waals surface area contributed by atoms with E-state index in [1.54, 1.807) is 2.89 Å². The van der Waals surface area contributed by atoms with Crippen molar-refractivity contribution in [1.29, 1.82) is 0 Å². The number of allylic oxidation sites excluding steroid dienone is 1. The normalized spacial score (nSPS) is 14.1. The SMILES string of the molecule is C.C.CC1=C(c2ccccc2)S/C(=C2/SC(c3ccccc3)=C(c3ccc(C)s3)S2)S1.Cc1cc[c]([Sn]([CH3])([CH3])[CH3])s1.IC1=C(c2ccccc2)S/C(=C2\SC(I)=C(c3ccccc3)S2)S1.[Pd].c1ccc(P(c2ccccc2)c2ccccc2)cc1.c1ccc(P(c2ccccc2)c2ccccc2)cc1.c1ccc(P(c2ccccc2)c2ccccc2)cc1.c1ccc(P(c2ccccc2)c2ccccc2)cc1. The zero-order chi connectivity index (χ0) is 95.8. The molecular weight excluding hydrogens is 2410 g/mol. The number of rotatable bonds is 18. The number of hydrogen-bond acceptors (Lipinski definition) is 10. The monoisotopic (exact) mass is 2520 g/mol. The Morgan fingerprint density at radius 2 is 0.373 bits per heavy atom.